The topological polar surface area (TPSA) is 69.7 Å². The number of nitrogens with one attached hydrogen (secondary N) is 1. The van der Waals surface area contributed by atoms with E-state index < -0.39 is 30.5 Å². The lowest BCUT2D eigenvalue weighted by Gasteiger charge is -2.18. The second-order valence-corrected chi connectivity index (χ2v) is 6.44. The van der Waals surface area contributed by atoms with E-state index in [1.807, 2.05) is 0 Å². The molecule has 1 unspecified atom stereocenters. The summed E-state index contributed by atoms with van der Waals surface area (Å²) in [5.41, 5.74) is 1.23. The fourth-order valence-corrected chi connectivity index (χ4v) is 2.60. The quantitative estimate of drug-likeness (QED) is 0.856. The molecule has 1 saturated heterocycles. The van der Waals surface area contributed by atoms with Crippen molar-refractivity contribution < 1.29 is 27.6 Å². The number of likely N-dealkylation sites (N-methyl/N-ethyl adjacent to an activating group) is 1. The minimum absolute atomic E-state index is 0.0593. The van der Waals surface area contributed by atoms with Gasteiger partial charge in [-0.05, 0) is 17.7 Å². The van der Waals surface area contributed by atoms with Crippen LogP contribution in [0.15, 0.2) is 24.3 Å². The Labute approximate surface area is 148 Å². The number of anilines is 1. The highest BCUT2D eigenvalue weighted by Crippen LogP contribution is 2.25. The average molecular weight is 371 g/mol. The molecule has 0 radical (unpaired) electrons. The molecule has 26 heavy (non-hydrogen) atoms. The van der Waals surface area contributed by atoms with E-state index in [4.69, 9.17) is 0 Å². The molecule has 1 aromatic rings. The van der Waals surface area contributed by atoms with Crippen LogP contribution in [0.5, 0.6) is 0 Å². The molecule has 1 atom stereocenters. The lowest BCUT2D eigenvalue weighted by molar-refractivity contribution is -0.157. The first-order chi connectivity index (χ1) is 12.0. The summed E-state index contributed by atoms with van der Waals surface area (Å²) in [6, 6.07) is 6.60. The standard InChI is InChI=1S/C17H20F3N3O3/c1-22(2)14(24)7-11-3-5-13(6-4-11)21-16(26)12-8-15(25)23(9-12)10-17(18,19)20/h3-6,12H,7-10H2,1-2H3,(H,21,26). The Balaban J connectivity index is 1.92. The van der Waals surface area contributed by atoms with Crippen molar-refractivity contribution in [3.8, 4) is 0 Å². The molecule has 0 saturated carbocycles. The Kier molecular flexibility index (Phi) is 5.89. The summed E-state index contributed by atoms with van der Waals surface area (Å²) < 4.78 is 37.2. The van der Waals surface area contributed by atoms with E-state index in [0.29, 0.717) is 10.6 Å². The Morgan fingerprint density at radius 1 is 1.23 bits per heavy atom. The van der Waals surface area contributed by atoms with Crippen LogP contribution < -0.4 is 5.32 Å². The molecule has 6 nitrogen and oxygen atoms in total. The Morgan fingerprint density at radius 3 is 2.38 bits per heavy atom. The van der Waals surface area contributed by atoms with E-state index in [2.05, 4.69) is 5.32 Å². The van der Waals surface area contributed by atoms with Crippen molar-refractivity contribution in [3.05, 3.63) is 29.8 Å². The van der Waals surface area contributed by atoms with Gasteiger partial charge in [0.1, 0.15) is 6.54 Å². The van der Waals surface area contributed by atoms with Gasteiger partial charge < -0.3 is 15.1 Å². The van der Waals surface area contributed by atoms with E-state index in [1.54, 1.807) is 38.4 Å². The molecule has 142 valence electrons. The molecule has 1 aliphatic heterocycles. The van der Waals surface area contributed by atoms with Gasteiger partial charge in [0.25, 0.3) is 0 Å². The number of carbonyl (C=O) groups excluding carboxylic acids is 3. The zero-order valence-corrected chi connectivity index (χ0v) is 14.5. The third-order valence-electron chi connectivity index (χ3n) is 4.03. The van der Waals surface area contributed by atoms with Gasteiger partial charge >= 0.3 is 6.18 Å². The van der Waals surface area contributed by atoms with Gasteiger partial charge in [-0.15, -0.1) is 0 Å². The number of nitrogens with zero attached hydrogens (tertiary/aromatic N) is 2. The summed E-state index contributed by atoms with van der Waals surface area (Å²) in [6.45, 7) is -1.59. The molecule has 2 rings (SSSR count). The number of carbonyl (C=O) groups is 3. The zero-order valence-electron chi connectivity index (χ0n) is 14.5. The fourth-order valence-electron chi connectivity index (χ4n) is 2.60. The van der Waals surface area contributed by atoms with Crippen molar-refractivity contribution in [2.45, 2.75) is 19.0 Å². The molecule has 1 fully saturated rings. The molecule has 0 aliphatic carbocycles. The lowest BCUT2D eigenvalue weighted by atomic mass is 10.1. The summed E-state index contributed by atoms with van der Waals surface area (Å²) in [7, 11) is 3.31. The van der Waals surface area contributed by atoms with Crippen LogP contribution >= 0.6 is 0 Å². The predicted octanol–water partition coefficient (Wildman–Crippen LogP) is 1.67. The highest BCUT2D eigenvalue weighted by molar-refractivity contribution is 5.97. The van der Waals surface area contributed by atoms with Crippen LogP contribution in [-0.4, -0.2) is 60.9 Å². The maximum atomic E-state index is 12.4. The van der Waals surface area contributed by atoms with Crippen molar-refractivity contribution in [2.75, 3.05) is 32.5 Å². The fraction of sp³-hybridized carbons (Fsp3) is 0.471. The van der Waals surface area contributed by atoms with Crippen LogP contribution in [0.3, 0.4) is 0 Å². The Hall–Kier alpha value is -2.58. The number of halogens is 3. The number of hydrogen-bond donors (Lipinski definition) is 1. The number of likely N-dealkylation sites (tertiary alicyclic amines) is 1. The molecule has 1 N–H and O–H groups in total. The molecule has 9 heteroatoms. The number of amides is 3. The van der Waals surface area contributed by atoms with E-state index in [-0.39, 0.29) is 25.3 Å². The molecular formula is C17H20F3N3O3. The van der Waals surface area contributed by atoms with Gasteiger partial charge in [0.2, 0.25) is 17.7 Å². The lowest BCUT2D eigenvalue weighted by Crippen LogP contribution is -2.36. The van der Waals surface area contributed by atoms with Crippen LogP contribution in [0.1, 0.15) is 12.0 Å². The largest absolute Gasteiger partial charge is 0.406 e. The van der Waals surface area contributed by atoms with Gasteiger partial charge in [-0.1, -0.05) is 12.1 Å². The van der Waals surface area contributed by atoms with E-state index in [0.717, 1.165) is 5.56 Å². The van der Waals surface area contributed by atoms with E-state index in [1.165, 1.54) is 4.90 Å². The zero-order chi connectivity index (χ0) is 19.5. The number of rotatable bonds is 5. The maximum absolute atomic E-state index is 12.4. The third kappa shape index (κ3) is 5.47. The predicted molar refractivity (Wildman–Crippen MR) is 88.2 cm³/mol. The van der Waals surface area contributed by atoms with Gasteiger partial charge in [-0.2, -0.15) is 13.2 Å². The summed E-state index contributed by atoms with van der Waals surface area (Å²) in [4.78, 5) is 37.6. The van der Waals surface area contributed by atoms with Crippen LogP contribution in [0, 0.1) is 5.92 Å². The first-order valence-corrected chi connectivity index (χ1v) is 7.99. The SMILES string of the molecule is CN(C)C(=O)Cc1ccc(NC(=O)C2CC(=O)N(CC(F)(F)F)C2)cc1. The van der Waals surface area contributed by atoms with Crippen LogP contribution in [0.4, 0.5) is 18.9 Å². The normalized spacial score (nSPS) is 17.3. The Morgan fingerprint density at radius 2 is 1.85 bits per heavy atom. The van der Waals surface area contributed by atoms with Gasteiger partial charge in [0, 0.05) is 32.7 Å². The van der Waals surface area contributed by atoms with Gasteiger partial charge in [0.05, 0.1) is 12.3 Å². The van der Waals surface area contributed by atoms with Crippen molar-refractivity contribution >= 4 is 23.4 Å². The first-order valence-electron chi connectivity index (χ1n) is 7.99. The first kappa shape index (κ1) is 19.7. The van der Waals surface area contributed by atoms with E-state index in [9.17, 15) is 27.6 Å². The summed E-state index contributed by atoms with van der Waals surface area (Å²) >= 11 is 0. The molecule has 1 aromatic carbocycles. The molecular weight excluding hydrogens is 351 g/mol. The number of alkyl halides is 3. The molecule has 1 aliphatic rings. The van der Waals surface area contributed by atoms with Gasteiger partial charge in [0.15, 0.2) is 0 Å². The van der Waals surface area contributed by atoms with Crippen molar-refractivity contribution in [1.82, 2.24) is 9.80 Å². The van der Waals surface area contributed by atoms with Gasteiger partial charge in [-0.3, -0.25) is 14.4 Å². The Bertz CT molecular complexity index is 687. The van der Waals surface area contributed by atoms with Crippen molar-refractivity contribution in [2.24, 2.45) is 5.92 Å². The number of hydrogen-bond acceptors (Lipinski definition) is 3. The highest BCUT2D eigenvalue weighted by atomic mass is 19.4. The number of benzene rings is 1. The van der Waals surface area contributed by atoms with Crippen LogP contribution in [-0.2, 0) is 20.8 Å². The highest BCUT2D eigenvalue weighted by Gasteiger charge is 2.40. The molecule has 3 amide bonds. The summed E-state index contributed by atoms with van der Waals surface area (Å²) in [5.74, 6) is -2.06. The molecule has 0 bridgehead atoms. The molecule has 0 spiro atoms. The minimum Gasteiger partial charge on any atom is -0.349 e. The minimum atomic E-state index is -4.49. The maximum Gasteiger partial charge on any atom is 0.406 e. The van der Waals surface area contributed by atoms with Crippen molar-refractivity contribution in [1.29, 1.82) is 0 Å². The van der Waals surface area contributed by atoms with E-state index >= 15 is 0 Å². The van der Waals surface area contributed by atoms with Crippen molar-refractivity contribution in [3.63, 3.8) is 0 Å². The molecule has 0 aromatic heterocycles. The summed E-state index contributed by atoms with van der Waals surface area (Å²) in [5, 5.41) is 2.60. The smallest absolute Gasteiger partial charge is 0.349 e. The van der Waals surface area contributed by atoms with Gasteiger partial charge in [-0.25, -0.2) is 0 Å². The second-order valence-electron chi connectivity index (χ2n) is 6.44. The monoisotopic (exact) mass is 371 g/mol. The van der Waals surface area contributed by atoms with Crippen LogP contribution in [0.25, 0.3) is 0 Å². The summed E-state index contributed by atoms with van der Waals surface area (Å²) in [6.07, 6.45) is -4.50. The van der Waals surface area contributed by atoms with Crippen LogP contribution in [0.2, 0.25) is 0 Å². The average Bonchev–Trinajstić information content (AvgIpc) is 2.88. The second kappa shape index (κ2) is 7.76. The molecule has 1 heterocycles. The third-order valence-corrected chi connectivity index (χ3v) is 4.03.